The zero-order valence-electron chi connectivity index (χ0n) is 23.8. The number of phenolic OH excluding ortho intramolecular Hbond substituents is 1. The summed E-state index contributed by atoms with van der Waals surface area (Å²) in [6.45, 7) is 8.28. The van der Waals surface area contributed by atoms with Crippen molar-refractivity contribution in [1.29, 1.82) is 0 Å². The standard InChI is InChI=1S/C31H34FN5O5/c1-31(2,41)19-37-25-15-20(17-36-13-11-35(3)12-14-36)7-10-24(25)33-30(37)34-29(40)21-8-9-23(32)28(16-21)42-27-6-4-5-26(39)22(27)18-38/h4-10,15-16,18,39,41H,11-14,17,19H2,1-3H3,(H,33,34,40). The zero-order chi connectivity index (χ0) is 30.0. The molecule has 0 radical (unpaired) electrons. The Kier molecular flexibility index (Phi) is 8.26. The molecule has 3 N–H and O–H groups in total. The average molecular weight is 576 g/mol. The number of likely N-dealkylation sites (N-methyl/N-ethyl adjacent to an activating group) is 1. The van der Waals surface area contributed by atoms with Crippen molar-refractivity contribution in [2.75, 3.05) is 38.5 Å². The van der Waals surface area contributed by atoms with Gasteiger partial charge in [-0.15, -0.1) is 0 Å². The number of phenols is 1. The number of piperazine rings is 1. The number of fused-ring (bicyclic) bond motifs is 1. The maximum atomic E-state index is 14.6. The third-order valence-corrected chi connectivity index (χ3v) is 7.16. The number of aldehydes is 1. The Morgan fingerprint density at radius 2 is 1.86 bits per heavy atom. The van der Waals surface area contributed by atoms with Crippen molar-refractivity contribution in [3.05, 3.63) is 77.1 Å². The number of aromatic nitrogens is 2. The summed E-state index contributed by atoms with van der Waals surface area (Å²) in [4.78, 5) is 34.1. The highest BCUT2D eigenvalue weighted by Gasteiger charge is 2.23. The van der Waals surface area contributed by atoms with Gasteiger partial charge in [-0.25, -0.2) is 9.37 Å². The zero-order valence-corrected chi connectivity index (χ0v) is 23.8. The molecule has 1 saturated heterocycles. The van der Waals surface area contributed by atoms with Gasteiger partial charge in [0, 0.05) is 38.3 Å². The Bertz CT molecular complexity index is 1620. The summed E-state index contributed by atoms with van der Waals surface area (Å²) in [5.41, 5.74) is 1.37. The first-order chi connectivity index (χ1) is 20.0. The molecule has 42 heavy (non-hydrogen) atoms. The highest BCUT2D eigenvalue weighted by Crippen LogP contribution is 2.32. The number of aromatic hydroxyl groups is 1. The van der Waals surface area contributed by atoms with E-state index in [1.165, 1.54) is 30.3 Å². The van der Waals surface area contributed by atoms with Crippen LogP contribution in [0.1, 0.15) is 40.1 Å². The van der Waals surface area contributed by atoms with Crippen molar-refractivity contribution in [2.45, 2.75) is 32.5 Å². The number of nitrogens with zero attached hydrogens (tertiary/aromatic N) is 4. The van der Waals surface area contributed by atoms with E-state index in [2.05, 4.69) is 27.1 Å². The summed E-state index contributed by atoms with van der Waals surface area (Å²) in [6.07, 6.45) is 0.406. The van der Waals surface area contributed by atoms with Gasteiger partial charge in [0.05, 0.1) is 28.7 Å². The van der Waals surface area contributed by atoms with Gasteiger partial charge in [0.15, 0.2) is 17.9 Å². The fourth-order valence-electron chi connectivity index (χ4n) is 4.93. The van der Waals surface area contributed by atoms with Crippen molar-refractivity contribution in [2.24, 2.45) is 0 Å². The molecule has 0 bridgehead atoms. The lowest BCUT2D eigenvalue weighted by Crippen LogP contribution is -2.43. The number of benzene rings is 3. The molecular formula is C31H34FN5O5. The second-order valence-corrected chi connectivity index (χ2v) is 11.2. The fourth-order valence-corrected chi connectivity index (χ4v) is 4.93. The number of ether oxygens (including phenoxy) is 1. The minimum absolute atomic E-state index is 0.0548. The van der Waals surface area contributed by atoms with Gasteiger partial charge in [-0.05, 0) is 68.9 Å². The van der Waals surface area contributed by atoms with E-state index < -0.39 is 17.3 Å². The molecule has 1 aromatic heterocycles. The van der Waals surface area contributed by atoms with Crippen molar-refractivity contribution in [3.8, 4) is 17.2 Å². The summed E-state index contributed by atoms with van der Waals surface area (Å²) >= 11 is 0. The molecule has 1 fully saturated rings. The second kappa shape index (κ2) is 11.9. The number of hydrogen-bond donors (Lipinski definition) is 3. The third kappa shape index (κ3) is 6.59. The van der Waals surface area contributed by atoms with Crippen LogP contribution in [0.3, 0.4) is 0 Å². The average Bonchev–Trinajstić information content (AvgIpc) is 3.26. The van der Waals surface area contributed by atoms with Gasteiger partial charge < -0.3 is 24.4 Å². The monoisotopic (exact) mass is 575 g/mol. The largest absolute Gasteiger partial charge is 0.507 e. The fraction of sp³-hybridized carbons (Fsp3) is 0.323. The number of halogens is 1. The molecule has 0 unspecified atom stereocenters. The molecule has 0 spiro atoms. The van der Waals surface area contributed by atoms with Crippen LogP contribution >= 0.6 is 0 Å². The maximum absolute atomic E-state index is 14.6. The highest BCUT2D eigenvalue weighted by atomic mass is 19.1. The number of imidazole rings is 1. The van der Waals surface area contributed by atoms with Crippen molar-refractivity contribution < 1.29 is 28.9 Å². The van der Waals surface area contributed by atoms with Gasteiger partial charge in [0.2, 0.25) is 5.95 Å². The third-order valence-electron chi connectivity index (χ3n) is 7.16. The molecule has 5 rings (SSSR count). The van der Waals surface area contributed by atoms with E-state index in [1.54, 1.807) is 18.4 Å². The van der Waals surface area contributed by atoms with Gasteiger partial charge in [0.25, 0.3) is 5.91 Å². The minimum atomic E-state index is -1.10. The quantitative estimate of drug-likeness (QED) is 0.253. The molecule has 1 amide bonds. The van der Waals surface area contributed by atoms with Gasteiger partial charge in [-0.2, -0.15) is 0 Å². The van der Waals surface area contributed by atoms with Crippen LogP contribution in [0.25, 0.3) is 11.0 Å². The van der Waals surface area contributed by atoms with Crippen molar-refractivity contribution in [3.63, 3.8) is 0 Å². The predicted octanol–water partition coefficient (Wildman–Crippen LogP) is 4.26. The molecule has 1 aliphatic rings. The number of carbonyl (C=O) groups is 2. The first-order valence-corrected chi connectivity index (χ1v) is 13.7. The van der Waals surface area contributed by atoms with E-state index in [0.29, 0.717) is 11.8 Å². The van der Waals surface area contributed by atoms with E-state index in [0.717, 1.165) is 49.9 Å². The lowest BCUT2D eigenvalue weighted by molar-refractivity contribution is 0.0630. The Labute approximate surface area is 242 Å². The Morgan fingerprint density at radius 1 is 1.10 bits per heavy atom. The smallest absolute Gasteiger partial charge is 0.258 e. The second-order valence-electron chi connectivity index (χ2n) is 11.2. The normalized spacial score (nSPS) is 14.7. The first-order valence-electron chi connectivity index (χ1n) is 13.7. The van der Waals surface area contributed by atoms with Crippen molar-refractivity contribution in [1.82, 2.24) is 19.4 Å². The molecule has 2 heterocycles. The molecule has 220 valence electrons. The molecule has 0 saturated carbocycles. The molecule has 10 nitrogen and oxygen atoms in total. The summed E-state index contributed by atoms with van der Waals surface area (Å²) in [7, 11) is 2.12. The van der Waals surface area contributed by atoms with Gasteiger partial charge in [0.1, 0.15) is 11.5 Å². The number of amides is 1. The molecule has 1 aliphatic heterocycles. The first kappa shape index (κ1) is 29.2. The summed E-state index contributed by atoms with van der Waals surface area (Å²) < 4.78 is 22.0. The summed E-state index contributed by atoms with van der Waals surface area (Å²) in [5, 5.41) is 23.4. The summed E-state index contributed by atoms with van der Waals surface area (Å²) in [5.74, 6) is -1.76. The van der Waals surface area contributed by atoms with Crippen LogP contribution < -0.4 is 10.1 Å². The molecule has 11 heteroatoms. The van der Waals surface area contributed by atoms with Gasteiger partial charge in [-0.3, -0.25) is 19.8 Å². The van der Waals surface area contributed by atoms with Crippen LogP contribution in [0.5, 0.6) is 17.2 Å². The van der Waals surface area contributed by atoms with Crippen LogP contribution in [0.2, 0.25) is 0 Å². The molecule has 0 atom stereocenters. The molecule has 4 aromatic rings. The van der Waals surface area contributed by atoms with Gasteiger partial charge in [-0.1, -0.05) is 12.1 Å². The number of rotatable bonds is 9. The number of hydrogen-bond acceptors (Lipinski definition) is 8. The van der Waals surface area contributed by atoms with E-state index in [-0.39, 0.29) is 40.9 Å². The van der Waals surface area contributed by atoms with Crippen molar-refractivity contribution >= 4 is 29.2 Å². The number of carbonyl (C=O) groups excluding carboxylic acids is 2. The molecule has 3 aromatic carbocycles. The van der Waals surface area contributed by atoms with E-state index >= 15 is 0 Å². The number of anilines is 1. The Balaban J connectivity index is 1.42. The van der Waals surface area contributed by atoms with Crippen LogP contribution in [0.4, 0.5) is 10.3 Å². The predicted molar refractivity (Wildman–Crippen MR) is 157 cm³/mol. The van der Waals surface area contributed by atoms with Crippen LogP contribution in [0.15, 0.2) is 54.6 Å². The number of aliphatic hydroxyl groups is 1. The van der Waals surface area contributed by atoms with Crippen LogP contribution in [0, 0.1) is 5.82 Å². The van der Waals surface area contributed by atoms with Crippen LogP contribution in [-0.4, -0.2) is 80.6 Å². The van der Waals surface area contributed by atoms with E-state index in [4.69, 9.17) is 4.74 Å². The lowest BCUT2D eigenvalue weighted by atomic mass is 10.1. The van der Waals surface area contributed by atoms with Crippen LogP contribution in [-0.2, 0) is 13.1 Å². The summed E-state index contributed by atoms with van der Waals surface area (Å²) in [6, 6.07) is 13.7. The number of nitrogens with one attached hydrogen (secondary N) is 1. The molecular weight excluding hydrogens is 541 g/mol. The SMILES string of the molecule is CN1CCN(Cc2ccc3nc(NC(=O)c4ccc(F)c(Oc5cccc(O)c5C=O)c4)n(CC(C)(C)O)c3c2)CC1. The van der Waals surface area contributed by atoms with E-state index in [1.807, 2.05) is 18.2 Å². The maximum Gasteiger partial charge on any atom is 0.258 e. The topological polar surface area (TPSA) is 120 Å². The lowest BCUT2D eigenvalue weighted by Gasteiger charge is -2.32. The molecule has 0 aliphatic carbocycles. The Hall–Kier alpha value is -4.32. The highest BCUT2D eigenvalue weighted by molar-refractivity contribution is 6.04. The van der Waals surface area contributed by atoms with E-state index in [9.17, 15) is 24.2 Å². The minimum Gasteiger partial charge on any atom is -0.507 e. The Morgan fingerprint density at radius 3 is 2.57 bits per heavy atom. The van der Waals surface area contributed by atoms with Gasteiger partial charge >= 0.3 is 0 Å².